The molecule has 0 aliphatic carbocycles. The maximum Gasteiger partial charge on any atom is 0.124 e. The molecule has 0 bridgehead atoms. The number of para-hydroxylation sites is 1. The van der Waals surface area contributed by atoms with E-state index in [9.17, 15) is 0 Å². The Morgan fingerprint density at radius 2 is 1.74 bits per heavy atom. The predicted octanol–water partition coefficient (Wildman–Crippen LogP) is 4.56. The van der Waals surface area contributed by atoms with Crippen LogP contribution in [0.2, 0.25) is 5.02 Å². The van der Waals surface area contributed by atoms with Crippen LogP contribution in [0.25, 0.3) is 0 Å². The molecule has 0 unspecified atom stereocenters. The van der Waals surface area contributed by atoms with Crippen LogP contribution in [0.3, 0.4) is 0 Å². The first-order valence-electron chi connectivity index (χ1n) is 7.74. The van der Waals surface area contributed by atoms with Crippen molar-refractivity contribution in [2.45, 2.75) is 19.1 Å². The third kappa shape index (κ3) is 5.54. The van der Waals surface area contributed by atoms with Crippen molar-refractivity contribution < 1.29 is 9.47 Å². The maximum atomic E-state index is 6.20. The van der Waals surface area contributed by atoms with Gasteiger partial charge < -0.3 is 14.4 Å². The van der Waals surface area contributed by atoms with Crippen LogP contribution in [-0.2, 0) is 11.3 Å². The van der Waals surface area contributed by atoms with E-state index in [1.165, 1.54) is 0 Å². The molecule has 0 saturated carbocycles. The topological polar surface area (TPSA) is 21.7 Å². The summed E-state index contributed by atoms with van der Waals surface area (Å²) in [5.74, 6) is 0.856. The molecule has 3 nitrogen and oxygen atoms in total. The van der Waals surface area contributed by atoms with Gasteiger partial charge in [0.25, 0.3) is 0 Å². The summed E-state index contributed by atoms with van der Waals surface area (Å²) >= 11 is 5.99. The summed E-state index contributed by atoms with van der Waals surface area (Å²) in [6.07, 6.45) is 0.948. The molecule has 2 rings (SSSR count). The van der Waals surface area contributed by atoms with E-state index in [-0.39, 0.29) is 6.10 Å². The summed E-state index contributed by atoms with van der Waals surface area (Å²) in [4.78, 5) is 2.16. The number of hydrogen-bond acceptors (Lipinski definition) is 3. The van der Waals surface area contributed by atoms with Gasteiger partial charge in [0.05, 0.1) is 19.8 Å². The van der Waals surface area contributed by atoms with E-state index in [2.05, 4.69) is 19.0 Å². The molecule has 0 N–H and O–H groups in total. The van der Waals surface area contributed by atoms with Crippen molar-refractivity contribution in [3.8, 4) is 5.75 Å². The van der Waals surface area contributed by atoms with Crippen LogP contribution in [0, 0.1) is 0 Å². The highest BCUT2D eigenvalue weighted by Gasteiger charge is 2.14. The van der Waals surface area contributed by atoms with Crippen LogP contribution in [-0.4, -0.2) is 32.6 Å². The molecule has 0 saturated heterocycles. The minimum absolute atomic E-state index is 0.0274. The summed E-state index contributed by atoms with van der Waals surface area (Å²) < 4.78 is 11.6. The van der Waals surface area contributed by atoms with Gasteiger partial charge in [-0.2, -0.15) is 0 Å². The van der Waals surface area contributed by atoms with E-state index < -0.39 is 0 Å². The highest BCUT2D eigenvalue weighted by atomic mass is 35.5. The van der Waals surface area contributed by atoms with Crippen molar-refractivity contribution in [3.63, 3.8) is 0 Å². The normalized spacial score (nSPS) is 12.4. The standard InChI is InChI=1S/C19H24ClNO2/c1-21(2)13-12-19(15-8-10-17(20)11-9-15)23-14-16-6-4-5-7-18(16)22-3/h4-11,19H,12-14H2,1-3H3/t19-/m1/s1. The van der Waals surface area contributed by atoms with Gasteiger partial charge in [-0.05, 0) is 44.3 Å². The largest absolute Gasteiger partial charge is 0.496 e. The van der Waals surface area contributed by atoms with E-state index in [4.69, 9.17) is 21.1 Å². The first-order chi connectivity index (χ1) is 11.1. The Balaban J connectivity index is 2.09. The molecule has 4 heteroatoms. The van der Waals surface area contributed by atoms with Gasteiger partial charge in [0.15, 0.2) is 0 Å². The highest BCUT2D eigenvalue weighted by Crippen LogP contribution is 2.26. The Labute approximate surface area is 143 Å². The lowest BCUT2D eigenvalue weighted by atomic mass is 10.1. The lowest BCUT2D eigenvalue weighted by Gasteiger charge is -2.21. The zero-order valence-corrected chi connectivity index (χ0v) is 14.7. The zero-order chi connectivity index (χ0) is 16.7. The first kappa shape index (κ1) is 17.8. The van der Waals surface area contributed by atoms with Crippen molar-refractivity contribution in [1.29, 1.82) is 0 Å². The second kappa shape index (κ2) is 8.92. The van der Waals surface area contributed by atoms with Crippen molar-refractivity contribution in [2.24, 2.45) is 0 Å². The van der Waals surface area contributed by atoms with Gasteiger partial charge in [-0.25, -0.2) is 0 Å². The second-order valence-corrected chi connectivity index (χ2v) is 6.19. The Hall–Kier alpha value is -1.55. The number of halogens is 1. The van der Waals surface area contributed by atoms with Crippen LogP contribution in [0.4, 0.5) is 0 Å². The van der Waals surface area contributed by atoms with Gasteiger partial charge in [0.2, 0.25) is 0 Å². The molecule has 0 aromatic heterocycles. The number of benzene rings is 2. The SMILES string of the molecule is COc1ccccc1CO[C@H](CCN(C)C)c1ccc(Cl)cc1. The summed E-state index contributed by atoms with van der Waals surface area (Å²) in [7, 11) is 5.82. The minimum atomic E-state index is 0.0274. The molecule has 2 aromatic carbocycles. The molecule has 1 atom stereocenters. The number of rotatable bonds is 8. The quantitative estimate of drug-likeness (QED) is 0.707. The van der Waals surface area contributed by atoms with Crippen molar-refractivity contribution in [3.05, 3.63) is 64.7 Å². The highest BCUT2D eigenvalue weighted by molar-refractivity contribution is 6.30. The van der Waals surface area contributed by atoms with Crippen LogP contribution in [0.1, 0.15) is 23.7 Å². The zero-order valence-electron chi connectivity index (χ0n) is 14.0. The van der Waals surface area contributed by atoms with Crippen LogP contribution < -0.4 is 4.74 Å². The molecule has 23 heavy (non-hydrogen) atoms. The molecule has 0 radical (unpaired) electrons. The van der Waals surface area contributed by atoms with Crippen LogP contribution >= 0.6 is 11.6 Å². The number of ether oxygens (including phenoxy) is 2. The van der Waals surface area contributed by atoms with Crippen molar-refractivity contribution >= 4 is 11.6 Å². The van der Waals surface area contributed by atoms with Crippen LogP contribution in [0.5, 0.6) is 5.75 Å². The fraction of sp³-hybridized carbons (Fsp3) is 0.368. The third-order valence-corrected chi connectivity index (χ3v) is 3.96. The number of nitrogens with zero attached hydrogens (tertiary/aromatic N) is 1. The average molecular weight is 334 g/mol. The van der Waals surface area contributed by atoms with E-state index in [1.807, 2.05) is 48.5 Å². The lowest BCUT2D eigenvalue weighted by Crippen LogP contribution is -2.17. The Bertz CT molecular complexity index is 599. The van der Waals surface area contributed by atoms with E-state index >= 15 is 0 Å². The Morgan fingerprint density at radius 3 is 2.39 bits per heavy atom. The number of hydrogen-bond donors (Lipinski definition) is 0. The van der Waals surface area contributed by atoms with Crippen molar-refractivity contribution in [1.82, 2.24) is 4.90 Å². The van der Waals surface area contributed by atoms with Crippen LogP contribution in [0.15, 0.2) is 48.5 Å². The molecule has 0 aliphatic heterocycles. The monoisotopic (exact) mass is 333 g/mol. The molecule has 2 aromatic rings. The number of methoxy groups -OCH3 is 1. The van der Waals surface area contributed by atoms with E-state index in [1.54, 1.807) is 7.11 Å². The molecule has 0 fully saturated rings. The van der Waals surface area contributed by atoms with Gasteiger partial charge in [-0.1, -0.05) is 41.9 Å². The fourth-order valence-electron chi connectivity index (χ4n) is 2.41. The summed E-state index contributed by atoms with van der Waals surface area (Å²) in [6, 6.07) is 15.8. The fourth-order valence-corrected chi connectivity index (χ4v) is 2.54. The molecule has 0 amide bonds. The van der Waals surface area contributed by atoms with Gasteiger partial charge in [0, 0.05) is 17.1 Å². The lowest BCUT2D eigenvalue weighted by molar-refractivity contribution is 0.0286. The molecular formula is C19H24ClNO2. The van der Waals surface area contributed by atoms with Gasteiger partial charge in [0.1, 0.15) is 5.75 Å². The second-order valence-electron chi connectivity index (χ2n) is 5.75. The van der Waals surface area contributed by atoms with E-state index in [0.717, 1.165) is 34.9 Å². The van der Waals surface area contributed by atoms with E-state index in [0.29, 0.717) is 6.61 Å². The molecule has 124 valence electrons. The molecular weight excluding hydrogens is 310 g/mol. The van der Waals surface area contributed by atoms with Crippen molar-refractivity contribution in [2.75, 3.05) is 27.7 Å². The third-order valence-electron chi connectivity index (χ3n) is 3.71. The first-order valence-corrected chi connectivity index (χ1v) is 8.11. The molecule has 0 aliphatic rings. The Kier molecular flexibility index (Phi) is 6.90. The van der Waals surface area contributed by atoms with Gasteiger partial charge in [-0.15, -0.1) is 0 Å². The average Bonchev–Trinajstić information content (AvgIpc) is 2.56. The van der Waals surface area contributed by atoms with Gasteiger partial charge in [-0.3, -0.25) is 0 Å². The summed E-state index contributed by atoms with van der Waals surface area (Å²) in [5, 5.41) is 0.741. The Morgan fingerprint density at radius 1 is 1.04 bits per heavy atom. The molecule has 0 heterocycles. The summed E-state index contributed by atoms with van der Waals surface area (Å²) in [5.41, 5.74) is 2.20. The minimum Gasteiger partial charge on any atom is -0.496 e. The molecule has 0 spiro atoms. The maximum absolute atomic E-state index is 6.20. The van der Waals surface area contributed by atoms with Gasteiger partial charge >= 0.3 is 0 Å². The smallest absolute Gasteiger partial charge is 0.124 e. The summed E-state index contributed by atoms with van der Waals surface area (Å²) in [6.45, 7) is 1.48. The predicted molar refractivity (Wildman–Crippen MR) is 95.1 cm³/mol.